The van der Waals surface area contributed by atoms with E-state index in [9.17, 15) is 0 Å². The molecule has 0 amide bonds. The van der Waals surface area contributed by atoms with Gasteiger partial charge in [-0.2, -0.15) is 0 Å². The molecule has 2 aromatic rings. The van der Waals surface area contributed by atoms with Gasteiger partial charge < -0.3 is 5.32 Å². The zero-order valence-corrected chi connectivity index (χ0v) is 9.62. The predicted octanol–water partition coefficient (Wildman–Crippen LogP) is 2.37. The number of rotatable bonds is 3. The summed E-state index contributed by atoms with van der Waals surface area (Å²) in [5, 5.41) is 11.7. The molecule has 0 atom stereocenters. The zero-order valence-electron chi connectivity index (χ0n) is 6.40. The fourth-order valence-electron chi connectivity index (χ4n) is 0.769. The molecule has 4 nitrogen and oxygen atoms in total. The third kappa shape index (κ3) is 2.45. The molecule has 2 rings (SSSR count). The van der Waals surface area contributed by atoms with Gasteiger partial charge in [0.15, 0.2) is 3.92 Å². The average molecular weight is 277 g/mol. The molecule has 0 unspecified atom stereocenters. The summed E-state index contributed by atoms with van der Waals surface area (Å²) in [6.45, 7) is 0.756. The summed E-state index contributed by atoms with van der Waals surface area (Å²) in [4.78, 5) is 5.16. The first-order valence-electron chi connectivity index (χ1n) is 3.45. The minimum absolute atomic E-state index is 0.756. The van der Waals surface area contributed by atoms with Crippen LogP contribution < -0.4 is 5.32 Å². The number of nitrogens with one attached hydrogen (secondary N) is 1. The third-order valence-electron chi connectivity index (χ3n) is 1.30. The number of hydrogen-bond donors (Lipinski definition) is 1. The summed E-state index contributed by atoms with van der Waals surface area (Å²) < 4.78 is 0.791. The normalized spacial score (nSPS) is 10.2. The van der Waals surface area contributed by atoms with E-state index in [-0.39, 0.29) is 0 Å². The van der Waals surface area contributed by atoms with Crippen molar-refractivity contribution in [1.29, 1.82) is 0 Å². The standard InChI is InChI=1S/C6H5BrN4S2/c7-5-10-11-6(13-5)9-2-4-1-8-3-12-4/h1,3H,2H2,(H,9,11). The summed E-state index contributed by atoms with van der Waals surface area (Å²) in [5.74, 6) is 0. The second-order valence-corrected chi connectivity index (χ2v) is 5.41. The van der Waals surface area contributed by atoms with Crippen molar-refractivity contribution in [2.24, 2.45) is 0 Å². The van der Waals surface area contributed by atoms with Gasteiger partial charge in [0.05, 0.1) is 12.1 Å². The summed E-state index contributed by atoms with van der Waals surface area (Å²) >= 11 is 6.34. The van der Waals surface area contributed by atoms with E-state index in [0.717, 1.165) is 15.6 Å². The van der Waals surface area contributed by atoms with Crippen LogP contribution >= 0.6 is 38.6 Å². The lowest BCUT2D eigenvalue weighted by atomic mass is 10.5. The molecule has 13 heavy (non-hydrogen) atoms. The molecule has 0 aromatic carbocycles. The third-order valence-corrected chi connectivity index (χ3v) is 3.39. The highest BCUT2D eigenvalue weighted by Gasteiger charge is 2.00. The van der Waals surface area contributed by atoms with Gasteiger partial charge in [-0.25, -0.2) is 0 Å². The molecule has 2 heterocycles. The summed E-state index contributed by atoms with van der Waals surface area (Å²) in [6.07, 6.45) is 1.84. The van der Waals surface area contributed by atoms with Crippen LogP contribution in [0.2, 0.25) is 0 Å². The Hall–Kier alpha value is -0.530. The number of thiazole rings is 1. The Morgan fingerprint density at radius 3 is 3.00 bits per heavy atom. The first-order valence-corrected chi connectivity index (χ1v) is 5.94. The van der Waals surface area contributed by atoms with Crippen LogP contribution in [0.1, 0.15) is 4.88 Å². The van der Waals surface area contributed by atoms with E-state index in [0.29, 0.717) is 0 Å². The minimum Gasteiger partial charge on any atom is -0.355 e. The molecule has 0 bridgehead atoms. The number of hydrogen-bond acceptors (Lipinski definition) is 6. The Balaban J connectivity index is 1.93. The molecule has 0 aliphatic rings. The fourth-order valence-corrected chi connectivity index (χ4v) is 2.31. The average Bonchev–Trinajstić information content (AvgIpc) is 2.71. The topological polar surface area (TPSA) is 50.7 Å². The zero-order chi connectivity index (χ0) is 9.10. The maximum atomic E-state index is 3.98. The maximum absolute atomic E-state index is 3.98. The van der Waals surface area contributed by atoms with Crippen molar-refractivity contribution < 1.29 is 0 Å². The number of nitrogens with zero attached hydrogens (tertiary/aromatic N) is 3. The van der Waals surface area contributed by atoms with Crippen LogP contribution in [0.4, 0.5) is 5.13 Å². The maximum Gasteiger partial charge on any atom is 0.206 e. The Kier molecular flexibility index (Phi) is 2.87. The fraction of sp³-hybridized carbons (Fsp3) is 0.167. The highest BCUT2D eigenvalue weighted by molar-refractivity contribution is 9.11. The molecular weight excluding hydrogens is 272 g/mol. The van der Waals surface area contributed by atoms with Crippen molar-refractivity contribution in [3.63, 3.8) is 0 Å². The number of anilines is 1. The number of aromatic nitrogens is 3. The Labute approximate surface area is 91.2 Å². The molecule has 0 radical (unpaired) electrons. The van der Waals surface area contributed by atoms with Crippen LogP contribution in [0.25, 0.3) is 0 Å². The minimum atomic E-state index is 0.756. The second kappa shape index (κ2) is 4.12. The van der Waals surface area contributed by atoms with E-state index in [4.69, 9.17) is 0 Å². The van der Waals surface area contributed by atoms with Gasteiger partial charge in [-0.1, -0.05) is 11.3 Å². The second-order valence-electron chi connectivity index (χ2n) is 2.18. The highest BCUT2D eigenvalue weighted by Crippen LogP contribution is 2.20. The Morgan fingerprint density at radius 2 is 2.38 bits per heavy atom. The molecule has 0 spiro atoms. The molecule has 0 saturated carbocycles. The number of halogens is 1. The quantitative estimate of drug-likeness (QED) is 0.935. The van der Waals surface area contributed by atoms with Gasteiger partial charge in [-0.05, 0) is 15.9 Å². The Bertz CT molecular complexity index is 372. The Morgan fingerprint density at radius 1 is 1.46 bits per heavy atom. The molecule has 0 aliphatic heterocycles. The van der Waals surface area contributed by atoms with Gasteiger partial charge in [0.2, 0.25) is 5.13 Å². The molecule has 68 valence electrons. The molecule has 0 fully saturated rings. The molecule has 0 saturated heterocycles. The molecule has 2 aromatic heterocycles. The van der Waals surface area contributed by atoms with Crippen LogP contribution in [-0.4, -0.2) is 15.2 Å². The van der Waals surface area contributed by atoms with Crippen molar-refractivity contribution in [3.8, 4) is 0 Å². The first-order chi connectivity index (χ1) is 6.34. The highest BCUT2D eigenvalue weighted by atomic mass is 79.9. The SMILES string of the molecule is Brc1nnc(NCc2cncs2)s1. The van der Waals surface area contributed by atoms with Gasteiger partial charge in [-0.15, -0.1) is 21.5 Å². The lowest BCUT2D eigenvalue weighted by Crippen LogP contribution is -1.96. The van der Waals surface area contributed by atoms with Gasteiger partial charge in [0, 0.05) is 11.1 Å². The van der Waals surface area contributed by atoms with E-state index in [2.05, 4.69) is 36.4 Å². The lowest BCUT2D eigenvalue weighted by molar-refractivity contribution is 1.04. The van der Waals surface area contributed by atoms with Crippen LogP contribution in [0, 0.1) is 0 Å². The van der Waals surface area contributed by atoms with E-state index in [1.807, 2.05) is 11.7 Å². The van der Waals surface area contributed by atoms with Gasteiger partial charge in [0.1, 0.15) is 0 Å². The molecule has 1 N–H and O–H groups in total. The van der Waals surface area contributed by atoms with E-state index in [1.54, 1.807) is 11.3 Å². The van der Waals surface area contributed by atoms with Crippen molar-refractivity contribution in [3.05, 3.63) is 20.5 Å². The van der Waals surface area contributed by atoms with Crippen molar-refractivity contribution in [1.82, 2.24) is 15.2 Å². The van der Waals surface area contributed by atoms with Gasteiger partial charge >= 0.3 is 0 Å². The monoisotopic (exact) mass is 276 g/mol. The van der Waals surface area contributed by atoms with Gasteiger partial charge in [-0.3, -0.25) is 4.98 Å². The predicted molar refractivity (Wildman–Crippen MR) is 57.0 cm³/mol. The van der Waals surface area contributed by atoms with E-state index < -0.39 is 0 Å². The summed E-state index contributed by atoms with van der Waals surface area (Å²) in [5.41, 5.74) is 1.81. The van der Waals surface area contributed by atoms with Gasteiger partial charge in [0.25, 0.3) is 0 Å². The first kappa shape index (κ1) is 9.04. The van der Waals surface area contributed by atoms with Crippen LogP contribution in [0.5, 0.6) is 0 Å². The van der Waals surface area contributed by atoms with Crippen molar-refractivity contribution >= 4 is 43.7 Å². The van der Waals surface area contributed by atoms with E-state index in [1.165, 1.54) is 16.2 Å². The molecular formula is C6H5BrN4S2. The van der Waals surface area contributed by atoms with E-state index >= 15 is 0 Å². The summed E-state index contributed by atoms with van der Waals surface area (Å²) in [7, 11) is 0. The molecule has 7 heteroatoms. The van der Waals surface area contributed by atoms with Crippen LogP contribution in [-0.2, 0) is 6.54 Å². The molecule has 0 aliphatic carbocycles. The largest absolute Gasteiger partial charge is 0.355 e. The van der Waals surface area contributed by atoms with Crippen molar-refractivity contribution in [2.45, 2.75) is 6.54 Å². The summed E-state index contributed by atoms with van der Waals surface area (Å²) in [6, 6.07) is 0. The van der Waals surface area contributed by atoms with Crippen LogP contribution in [0.3, 0.4) is 0 Å². The van der Waals surface area contributed by atoms with Crippen molar-refractivity contribution in [2.75, 3.05) is 5.32 Å². The van der Waals surface area contributed by atoms with Crippen LogP contribution in [0.15, 0.2) is 15.6 Å². The smallest absolute Gasteiger partial charge is 0.206 e. The lowest BCUT2D eigenvalue weighted by Gasteiger charge is -1.96.